The third-order valence-corrected chi connectivity index (χ3v) is 8.22. The van der Waals surface area contributed by atoms with Gasteiger partial charge in [-0.2, -0.15) is 0 Å². The number of likely N-dealkylation sites (tertiary alicyclic amines) is 1. The summed E-state index contributed by atoms with van der Waals surface area (Å²) in [5.41, 5.74) is 11.6. The van der Waals surface area contributed by atoms with E-state index >= 15 is 0 Å². The van der Waals surface area contributed by atoms with Gasteiger partial charge in [-0.05, 0) is 93.6 Å². The number of piperidine rings is 1. The van der Waals surface area contributed by atoms with Crippen LogP contribution in [-0.2, 0) is 16.9 Å². The summed E-state index contributed by atoms with van der Waals surface area (Å²) < 4.78 is 2.44. The number of halogens is 1. The third kappa shape index (κ3) is 4.06. The first-order chi connectivity index (χ1) is 15.9. The van der Waals surface area contributed by atoms with E-state index in [1.807, 2.05) is 12.1 Å². The molecule has 2 aromatic carbocycles. The number of fused-ring (bicyclic) bond motifs is 1. The molecule has 5 rings (SSSR count). The fraction of sp³-hybridized carbons (Fsp3) is 0.481. The molecule has 1 saturated carbocycles. The minimum absolute atomic E-state index is 0.00196. The topological polar surface area (TPSA) is 64.2 Å². The molecule has 0 unspecified atom stereocenters. The maximum atomic E-state index is 11.8. The van der Waals surface area contributed by atoms with Crippen molar-refractivity contribution in [3.8, 4) is 0 Å². The average molecular weight is 465 g/mol. The number of aromatic nitrogens is 2. The van der Waals surface area contributed by atoms with Gasteiger partial charge >= 0.3 is 0 Å². The Hall–Kier alpha value is -2.37. The number of rotatable bonds is 5. The van der Waals surface area contributed by atoms with E-state index in [4.69, 9.17) is 22.3 Å². The fourth-order valence-electron chi connectivity index (χ4n) is 5.90. The fourth-order valence-corrected chi connectivity index (χ4v) is 6.03. The molecule has 0 atom stereocenters. The molecule has 1 amide bonds. The number of imidazole rings is 1. The lowest BCUT2D eigenvalue weighted by Gasteiger charge is -2.44. The highest BCUT2D eigenvalue weighted by Crippen LogP contribution is 2.46. The largest absolute Gasteiger partial charge is 0.369 e. The Morgan fingerprint density at radius 2 is 1.73 bits per heavy atom. The molecule has 174 valence electrons. The van der Waals surface area contributed by atoms with Gasteiger partial charge in [0, 0.05) is 17.5 Å². The van der Waals surface area contributed by atoms with E-state index in [1.54, 1.807) is 0 Å². The maximum Gasteiger partial charge on any atom is 0.220 e. The lowest BCUT2D eigenvalue weighted by Crippen LogP contribution is -2.51. The first kappa shape index (κ1) is 22.4. The summed E-state index contributed by atoms with van der Waals surface area (Å²) in [6.45, 7) is 6.90. The molecule has 5 nitrogen and oxygen atoms in total. The number of carbonyl (C=O) groups excluding carboxylic acids is 1. The predicted octanol–water partition coefficient (Wildman–Crippen LogP) is 5.32. The first-order valence-electron chi connectivity index (χ1n) is 12.1. The second kappa shape index (κ2) is 8.77. The maximum absolute atomic E-state index is 11.8. The van der Waals surface area contributed by atoms with Crippen LogP contribution in [0.1, 0.15) is 61.0 Å². The SMILES string of the molecule is Cc1cc2nc(C3(N4CCC(C(N)=O)CC4)CCCC3)n(Cc3ccc(Cl)cc3)c2cc1C. The normalized spacial score (nSPS) is 19.4. The Labute approximate surface area is 200 Å². The van der Waals surface area contributed by atoms with Crippen molar-refractivity contribution in [2.45, 2.75) is 64.5 Å². The van der Waals surface area contributed by atoms with Gasteiger partial charge in [0.1, 0.15) is 5.82 Å². The molecule has 2 aliphatic rings. The molecule has 2 N–H and O–H groups in total. The van der Waals surface area contributed by atoms with Gasteiger partial charge < -0.3 is 10.3 Å². The zero-order valence-corrected chi connectivity index (χ0v) is 20.4. The summed E-state index contributed by atoms with van der Waals surface area (Å²) in [5, 5.41) is 0.755. The third-order valence-electron chi connectivity index (χ3n) is 7.97. The molecule has 1 saturated heterocycles. The minimum atomic E-state index is -0.156. The quantitative estimate of drug-likeness (QED) is 0.555. The molecule has 3 aromatic rings. The summed E-state index contributed by atoms with van der Waals surface area (Å²) in [4.78, 5) is 19.7. The predicted molar refractivity (Wildman–Crippen MR) is 133 cm³/mol. The zero-order valence-electron chi connectivity index (χ0n) is 19.6. The van der Waals surface area contributed by atoms with Gasteiger partial charge in [0.05, 0.1) is 16.6 Å². The van der Waals surface area contributed by atoms with Gasteiger partial charge in [0.15, 0.2) is 0 Å². The Morgan fingerprint density at radius 1 is 1.09 bits per heavy atom. The van der Waals surface area contributed by atoms with Crippen LogP contribution < -0.4 is 5.73 Å². The van der Waals surface area contributed by atoms with Gasteiger partial charge in [0.25, 0.3) is 0 Å². The van der Waals surface area contributed by atoms with Gasteiger partial charge in [-0.25, -0.2) is 4.98 Å². The summed E-state index contributed by atoms with van der Waals surface area (Å²) in [6.07, 6.45) is 6.31. The van der Waals surface area contributed by atoms with Crippen molar-refractivity contribution in [2.24, 2.45) is 11.7 Å². The van der Waals surface area contributed by atoms with E-state index in [2.05, 4.69) is 47.6 Å². The van der Waals surface area contributed by atoms with Crippen molar-refractivity contribution in [1.29, 1.82) is 0 Å². The van der Waals surface area contributed by atoms with E-state index in [-0.39, 0.29) is 17.4 Å². The Morgan fingerprint density at radius 3 is 2.36 bits per heavy atom. The molecule has 33 heavy (non-hydrogen) atoms. The molecule has 1 aromatic heterocycles. The molecular weight excluding hydrogens is 432 g/mol. The number of hydrogen-bond donors (Lipinski definition) is 1. The number of amides is 1. The van der Waals surface area contributed by atoms with Crippen LogP contribution >= 0.6 is 11.6 Å². The molecular formula is C27H33ClN4O. The summed E-state index contributed by atoms with van der Waals surface area (Å²) in [5.74, 6) is 1.02. The number of nitrogens with zero attached hydrogens (tertiary/aromatic N) is 3. The Kier molecular flexibility index (Phi) is 5.96. The summed E-state index contributed by atoms with van der Waals surface area (Å²) >= 11 is 6.16. The molecule has 6 heteroatoms. The monoisotopic (exact) mass is 464 g/mol. The van der Waals surface area contributed by atoms with Gasteiger partial charge in [0.2, 0.25) is 5.91 Å². The van der Waals surface area contributed by atoms with Crippen LogP contribution in [0, 0.1) is 19.8 Å². The highest BCUT2D eigenvalue weighted by molar-refractivity contribution is 6.30. The van der Waals surface area contributed by atoms with Crippen molar-refractivity contribution in [3.05, 3.63) is 63.9 Å². The second-order valence-corrected chi connectivity index (χ2v) is 10.4. The lowest BCUT2D eigenvalue weighted by atomic mass is 9.87. The average Bonchev–Trinajstić information content (AvgIpc) is 3.42. The van der Waals surface area contributed by atoms with Crippen LogP contribution in [0.15, 0.2) is 36.4 Å². The minimum Gasteiger partial charge on any atom is -0.369 e. The summed E-state index contributed by atoms with van der Waals surface area (Å²) in [7, 11) is 0. The molecule has 1 aliphatic heterocycles. The number of benzene rings is 2. The first-order valence-corrected chi connectivity index (χ1v) is 12.5. The number of primary amides is 1. The molecule has 0 spiro atoms. The van der Waals surface area contributed by atoms with Crippen LogP contribution in [0.3, 0.4) is 0 Å². The van der Waals surface area contributed by atoms with E-state index in [0.717, 1.165) is 55.9 Å². The number of hydrogen-bond acceptors (Lipinski definition) is 3. The number of aryl methyl sites for hydroxylation is 2. The van der Waals surface area contributed by atoms with Gasteiger partial charge in [-0.15, -0.1) is 0 Å². The molecule has 0 bridgehead atoms. The van der Waals surface area contributed by atoms with Crippen LogP contribution in [0.2, 0.25) is 5.02 Å². The molecule has 0 radical (unpaired) electrons. The highest BCUT2D eigenvalue weighted by atomic mass is 35.5. The van der Waals surface area contributed by atoms with Crippen molar-refractivity contribution in [1.82, 2.24) is 14.5 Å². The van der Waals surface area contributed by atoms with Crippen molar-refractivity contribution in [2.75, 3.05) is 13.1 Å². The van der Waals surface area contributed by atoms with Crippen molar-refractivity contribution < 1.29 is 4.79 Å². The van der Waals surface area contributed by atoms with E-state index in [9.17, 15) is 4.79 Å². The molecule has 2 heterocycles. The summed E-state index contributed by atoms with van der Waals surface area (Å²) in [6, 6.07) is 12.7. The lowest BCUT2D eigenvalue weighted by molar-refractivity contribution is -0.123. The van der Waals surface area contributed by atoms with Crippen molar-refractivity contribution >= 4 is 28.5 Å². The van der Waals surface area contributed by atoms with Crippen molar-refractivity contribution in [3.63, 3.8) is 0 Å². The Bertz CT molecular complexity index is 1170. The van der Waals surface area contributed by atoms with E-state index in [0.29, 0.717) is 0 Å². The van der Waals surface area contributed by atoms with Gasteiger partial charge in [-0.1, -0.05) is 36.6 Å². The number of nitrogens with two attached hydrogens (primary N) is 1. The van der Waals surface area contributed by atoms with Crippen LogP contribution in [0.5, 0.6) is 0 Å². The zero-order chi connectivity index (χ0) is 23.2. The number of carbonyl (C=O) groups is 1. The van der Waals surface area contributed by atoms with Crippen LogP contribution in [-0.4, -0.2) is 33.4 Å². The van der Waals surface area contributed by atoms with Crippen LogP contribution in [0.4, 0.5) is 0 Å². The van der Waals surface area contributed by atoms with E-state index < -0.39 is 0 Å². The molecule has 1 aliphatic carbocycles. The van der Waals surface area contributed by atoms with Gasteiger partial charge in [-0.3, -0.25) is 9.69 Å². The Balaban J connectivity index is 1.62. The smallest absolute Gasteiger partial charge is 0.220 e. The second-order valence-electron chi connectivity index (χ2n) is 9.98. The van der Waals surface area contributed by atoms with E-state index in [1.165, 1.54) is 40.9 Å². The standard InChI is InChI=1S/C27H33ClN4O/c1-18-15-23-24(16-19(18)2)32(17-20-5-7-22(28)8-6-20)26(30-23)27(11-3-4-12-27)31-13-9-21(10-14-31)25(29)33/h5-8,15-16,21H,3-4,9-14,17H2,1-2H3,(H2,29,33). The van der Waals surface area contributed by atoms with Crippen LogP contribution in [0.25, 0.3) is 11.0 Å². The highest BCUT2D eigenvalue weighted by Gasteiger charge is 2.46. The molecule has 2 fully saturated rings.